The fraction of sp³-hybridized carbons (Fsp3) is 0.444. The molecule has 3 rings (SSSR count). The maximum absolute atomic E-state index is 12.4. The Hall–Kier alpha value is -2.34. The number of H-pyrrole nitrogens is 1. The summed E-state index contributed by atoms with van der Waals surface area (Å²) < 4.78 is 0. The van der Waals surface area contributed by atoms with Crippen molar-refractivity contribution >= 4 is 22.7 Å². The van der Waals surface area contributed by atoms with Crippen LogP contribution >= 0.6 is 0 Å². The summed E-state index contributed by atoms with van der Waals surface area (Å²) in [5.41, 5.74) is 1.33. The predicted molar refractivity (Wildman–Crippen MR) is 91.7 cm³/mol. The number of fused-ring (bicyclic) bond motifs is 1. The van der Waals surface area contributed by atoms with Gasteiger partial charge < -0.3 is 20.3 Å². The smallest absolute Gasteiger partial charge is 0.268 e. The summed E-state index contributed by atoms with van der Waals surface area (Å²) in [4.78, 5) is 29.4. The number of para-hydroxylation sites is 1. The lowest BCUT2D eigenvalue weighted by molar-refractivity contribution is -0.132. The number of aliphatic hydroxyl groups excluding tert-OH is 1. The number of nitrogens with zero attached hydrogens (tertiary/aromatic N) is 1. The first kappa shape index (κ1) is 16.5. The van der Waals surface area contributed by atoms with Crippen LogP contribution in [0, 0.1) is 0 Å². The van der Waals surface area contributed by atoms with E-state index in [1.807, 2.05) is 24.3 Å². The van der Waals surface area contributed by atoms with Crippen LogP contribution in [0.1, 0.15) is 36.2 Å². The van der Waals surface area contributed by atoms with Crippen LogP contribution in [0.15, 0.2) is 30.3 Å². The first-order chi connectivity index (χ1) is 11.7. The minimum atomic E-state index is -0.296. The molecule has 1 fully saturated rings. The number of hydrogen-bond donors (Lipinski definition) is 3. The van der Waals surface area contributed by atoms with Gasteiger partial charge in [-0.3, -0.25) is 9.59 Å². The standard InChI is InChI=1S/C18H23N3O3/c22-10-9-21(14-6-2-3-7-14)17(23)12-19-18(24)16-11-13-5-1-4-8-15(13)20-16/h1,4-5,8,11,14,20,22H,2-3,6-7,9-10,12H2,(H,19,24). The average Bonchev–Trinajstić information content (AvgIpc) is 3.26. The van der Waals surface area contributed by atoms with Gasteiger partial charge >= 0.3 is 0 Å². The van der Waals surface area contributed by atoms with Crippen LogP contribution in [0.2, 0.25) is 0 Å². The van der Waals surface area contributed by atoms with Gasteiger partial charge in [-0.1, -0.05) is 31.0 Å². The second-order valence-corrected chi connectivity index (χ2v) is 6.20. The summed E-state index contributed by atoms with van der Waals surface area (Å²) in [6, 6.07) is 9.61. The van der Waals surface area contributed by atoms with Crippen molar-refractivity contribution < 1.29 is 14.7 Å². The Balaban J connectivity index is 1.60. The molecule has 1 heterocycles. The fourth-order valence-electron chi connectivity index (χ4n) is 3.38. The van der Waals surface area contributed by atoms with Gasteiger partial charge in [-0.15, -0.1) is 0 Å². The Labute approximate surface area is 140 Å². The summed E-state index contributed by atoms with van der Waals surface area (Å²) in [5.74, 6) is -0.435. The van der Waals surface area contributed by atoms with Gasteiger partial charge in [0.2, 0.25) is 5.91 Å². The van der Waals surface area contributed by atoms with Crippen molar-refractivity contribution in [2.24, 2.45) is 0 Å². The fourth-order valence-corrected chi connectivity index (χ4v) is 3.38. The van der Waals surface area contributed by atoms with Gasteiger partial charge in [0.05, 0.1) is 13.2 Å². The van der Waals surface area contributed by atoms with Gasteiger partial charge in [0.25, 0.3) is 5.91 Å². The second kappa shape index (κ2) is 7.49. The minimum absolute atomic E-state index is 0.0509. The van der Waals surface area contributed by atoms with E-state index in [2.05, 4.69) is 10.3 Å². The largest absolute Gasteiger partial charge is 0.395 e. The third-order valence-electron chi connectivity index (χ3n) is 4.60. The number of carbonyl (C=O) groups is 2. The zero-order valence-corrected chi connectivity index (χ0v) is 13.6. The number of aliphatic hydroxyl groups is 1. The molecule has 0 bridgehead atoms. The Kier molecular flexibility index (Phi) is 5.15. The molecule has 1 aromatic heterocycles. The van der Waals surface area contributed by atoms with E-state index < -0.39 is 0 Å². The molecule has 24 heavy (non-hydrogen) atoms. The van der Waals surface area contributed by atoms with Crippen molar-refractivity contribution in [3.8, 4) is 0 Å². The monoisotopic (exact) mass is 329 g/mol. The highest BCUT2D eigenvalue weighted by Gasteiger charge is 2.26. The number of carbonyl (C=O) groups excluding carboxylic acids is 2. The van der Waals surface area contributed by atoms with Crippen LogP contribution in [-0.2, 0) is 4.79 Å². The van der Waals surface area contributed by atoms with Gasteiger partial charge in [-0.05, 0) is 25.0 Å². The van der Waals surface area contributed by atoms with Gasteiger partial charge in [0.1, 0.15) is 5.69 Å². The highest BCUT2D eigenvalue weighted by molar-refractivity contribution is 5.99. The lowest BCUT2D eigenvalue weighted by Gasteiger charge is -2.28. The molecule has 2 amide bonds. The van der Waals surface area contributed by atoms with E-state index in [4.69, 9.17) is 0 Å². The van der Waals surface area contributed by atoms with Crippen LogP contribution in [0.25, 0.3) is 10.9 Å². The molecular weight excluding hydrogens is 306 g/mol. The first-order valence-corrected chi connectivity index (χ1v) is 8.45. The highest BCUT2D eigenvalue weighted by atomic mass is 16.3. The van der Waals surface area contributed by atoms with Gasteiger partial charge in [-0.2, -0.15) is 0 Å². The zero-order chi connectivity index (χ0) is 16.9. The van der Waals surface area contributed by atoms with Crippen molar-refractivity contribution in [3.05, 3.63) is 36.0 Å². The maximum atomic E-state index is 12.4. The predicted octanol–water partition coefficient (Wildman–Crippen LogP) is 1.66. The summed E-state index contributed by atoms with van der Waals surface area (Å²) in [6.07, 6.45) is 4.17. The molecule has 0 radical (unpaired) electrons. The lowest BCUT2D eigenvalue weighted by atomic mass is 10.2. The quantitative estimate of drug-likeness (QED) is 0.753. The van der Waals surface area contributed by atoms with Crippen molar-refractivity contribution in [1.82, 2.24) is 15.2 Å². The molecule has 0 spiro atoms. The van der Waals surface area contributed by atoms with Crippen LogP contribution in [-0.4, -0.2) is 52.5 Å². The second-order valence-electron chi connectivity index (χ2n) is 6.20. The van der Waals surface area contributed by atoms with Gasteiger partial charge in [-0.25, -0.2) is 0 Å². The Bertz CT molecular complexity index is 686. The van der Waals surface area contributed by atoms with Crippen LogP contribution in [0.3, 0.4) is 0 Å². The van der Waals surface area contributed by atoms with Crippen molar-refractivity contribution in [1.29, 1.82) is 0 Å². The van der Waals surface area contributed by atoms with Crippen LogP contribution < -0.4 is 5.32 Å². The molecule has 1 aromatic carbocycles. The third kappa shape index (κ3) is 3.59. The number of aromatic nitrogens is 1. The number of amides is 2. The molecule has 0 atom stereocenters. The van der Waals surface area contributed by atoms with Crippen molar-refractivity contribution in [3.63, 3.8) is 0 Å². The van der Waals surface area contributed by atoms with E-state index in [9.17, 15) is 14.7 Å². The third-order valence-corrected chi connectivity index (χ3v) is 4.60. The van der Waals surface area contributed by atoms with Crippen LogP contribution in [0.5, 0.6) is 0 Å². The molecule has 3 N–H and O–H groups in total. The molecular formula is C18H23N3O3. The van der Waals surface area contributed by atoms with E-state index >= 15 is 0 Å². The molecule has 6 nitrogen and oxygen atoms in total. The van der Waals surface area contributed by atoms with Crippen LogP contribution in [0.4, 0.5) is 0 Å². The molecule has 1 aliphatic rings. The van der Waals surface area contributed by atoms with Crippen molar-refractivity contribution in [2.45, 2.75) is 31.7 Å². The summed E-state index contributed by atoms with van der Waals surface area (Å²) >= 11 is 0. The minimum Gasteiger partial charge on any atom is -0.395 e. The Morgan fingerprint density at radius 1 is 1.25 bits per heavy atom. The zero-order valence-electron chi connectivity index (χ0n) is 13.6. The lowest BCUT2D eigenvalue weighted by Crippen LogP contribution is -2.46. The normalized spacial score (nSPS) is 14.9. The average molecular weight is 329 g/mol. The molecule has 0 saturated heterocycles. The van der Waals surface area contributed by atoms with E-state index in [0.717, 1.165) is 36.6 Å². The molecule has 1 aliphatic carbocycles. The summed E-state index contributed by atoms with van der Waals surface area (Å²) in [5, 5.41) is 12.8. The highest BCUT2D eigenvalue weighted by Crippen LogP contribution is 2.23. The van der Waals surface area contributed by atoms with E-state index in [1.54, 1.807) is 11.0 Å². The molecule has 2 aromatic rings. The molecule has 1 saturated carbocycles. The number of benzene rings is 1. The Morgan fingerprint density at radius 3 is 2.71 bits per heavy atom. The SMILES string of the molecule is O=C(NCC(=O)N(CCO)C1CCCC1)c1cc2ccccc2[nH]1. The van der Waals surface area contributed by atoms with Gasteiger partial charge in [0.15, 0.2) is 0 Å². The maximum Gasteiger partial charge on any atom is 0.268 e. The van der Waals surface area contributed by atoms with E-state index in [1.165, 1.54) is 0 Å². The van der Waals surface area contributed by atoms with E-state index in [-0.39, 0.29) is 31.0 Å². The van der Waals surface area contributed by atoms with Gasteiger partial charge in [0, 0.05) is 23.5 Å². The Morgan fingerprint density at radius 2 is 2.00 bits per heavy atom. The van der Waals surface area contributed by atoms with E-state index in [0.29, 0.717) is 12.2 Å². The number of nitrogens with one attached hydrogen (secondary N) is 2. The first-order valence-electron chi connectivity index (χ1n) is 8.45. The summed E-state index contributed by atoms with van der Waals surface area (Å²) in [7, 11) is 0. The molecule has 6 heteroatoms. The van der Waals surface area contributed by atoms with Crippen molar-refractivity contribution in [2.75, 3.05) is 19.7 Å². The number of rotatable bonds is 6. The number of hydrogen-bond acceptors (Lipinski definition) is 3. The molecule has 0 unspecified atom stereocenters. The summed E-state index contributed by atoms with van der Waals surface area (Å²) in [6.45, 7) is 0.217. The topological polar surface area (TPSA) is 85.4 Å². The molecule has 0 aliphatic heterocycles. The number of aromatic amines is 1. The molecule has 128 valence electrons.